The minimum Gasteiger partial charge on any atom is -0.261 e. The average Bonchev–Trinajstić information content (AvgIpc) is 3.00. The molecule has 1 aliphatic heterocycles. The lowest BCUT2D eigenvalue weighted by molar-refractivity contribution is -0.384. The Bertz CT molecular complexity index is 1370. The van der Waals surface area contributed by atoms with Crippen molar-refractivity contribution in [2.45, 2.75) is 6.54 Å². The lowest BCUT2D eigenvalue weighted by atomic mass is 10.00. The van der Waals surface area contributed by atoms with Gasteiger partial charge in [0.2, 0.25) is 0 Å². The van der Waals surface area contributed by atoms with Gasteiger partial charge >= 0.3 is 6.03 Å². The van der Waals surface area contributed by atoms with Crippen molar-refractivity contribution in [3.05, 3.63) is 136 Å². The minimum atomic E-state index is -0.458. The van der Waals surface area contributed by atoms with Gasteiger partial charge in [-0.3, -0.25) is 15.0 Å². The number of amides is 2. The number of urea groups is 1. The van der Waals surface area contributed by atoms with E-state index in [4.69, 9.17) is 5.10 Å². The number of hydrogen-bond donors (Lipinski definition) is 0. The summed E-state index contributed by atoms with van der Waals surface area (Å²) in [6, 6.07) is 32.5. The second-order valence-electron chi connectivity index (χ2n) is 7.77. The summed E-state index contributed by atoms with van der Waals surface area (Å²) in [5.41, 5.74) is 4.40. The van der Waals surface area contributed by atoms with Crippen LogP contribution >= 0.6 is 0 Å². The van der Waals surface area contributed by atoms with Crippen molar-refractivity contribution >= 4 is 28.8 Å². The lowest BCUT2D eigenvalue weighted by Gasteiger charge is -2.26. The molecule has 0 unspecified atom stereocenters. The molecule has 0 fully saturated rings. The molecular formula is C27H20N4O3. The molecule has 1 aliphatic rings. The molecule has 0 radical (unpaired) electrons. The highest BCUT2D eigenvalue weighted by molar-refractivity contribution is 6.20. The lowest BCUT2D eigenvalue weighted by Crippen LogP contribution is -2.36. The molecule has 2 amide bonds. The van der Waals surface area contributed by atoms with Crippen molar-refractivity contribution in [3.63, 3.8) is 0 Å². The van der Waals surface area contributed by atoms with Crippen LogP contribution in [0.2, 0.25) is 0 Å². The molecule has 4 aromatic rings. The molecule has 0 saturated heterocycles. The Morgan fingerprint density at radius 1 is 0.765 bits per heavy atom. The van der Waals surface area contributed by atoms with Crippen molar-refractivity contribution in [1.29, 1.82) is 0 Å². The zero-order valence-electron chi connectivity index (χ0n) is 18.1. The molecule has 34 heavy (non-hydrogen) atoms. The van der Waals surface area contributed by atoms with E-state index in [1.807, 2.05) is 84.9 Å². The van der Waals surface area contributed by atoms with Gasteiger partial charge in [-0.2, -0.15) is 5.10 Å². The highest BCUT2D eigenvalue weighted by Gasteiger charge is 2.31. The molecule has 1 heterocycles. The Morgan fingerprint density at radius 3 is 2.06 bits per heavy atom. The number of non-ortho nitro benzene ring substituents is 1. The summed E-state index contributed by atoms with van der Waals surface area (Å²) in [6.07, 6.45) is 0. The van der Waals surface area contributed by atoms with E-state index in [-0.39, 0.29) is 18.3 Å². The summed E-state index contributed by atoms with van der Waals surface area (Å²) in [7, 11) is 0. The number of rotatable bonds is 5. The van der Waals surface area contributed by atoms with E-state index in [0.29, 0.717) is 17.1 Å². The number of anilines is 2. The number of nitrogens with zero attached hydrogens (tertiary/aromatic N) is 4. The standard InChI is InChI=1S/C27H20N4O3/c32-27-29(19-20-9-3-1-4-10-20)28-26(21-11-5-2-6-12-21)24-13-7-8-14-25(24)30(27)22-15-17-23(18-16-22)31(33)34/h1-18H,19H2. The van der Waals surface area contributed by atoms with Gasteiger partial charge in [0, 0.05) is 23.3 Å². The second-order valence-corrected chi connectivity index (χ2v) is 7.77. The number of nitro groups is 1. The fourth-order valence-electron chi connectivity index (χ4n) is 3.95. The molecule has 166 valence electrons. The largest absolute Gasteiger partial charge is 0.349 e. The van der Waals surface area contributed by atoms with Gasteiger partial charge in [0.15, 0.2) is 0 Å². The first-order chi connectivity index (χ1) is 16.6. The van der Waals surface area contributed by atoms with Gasteiger partial charge in [-0.15, -0.1) is 0 Å². The van der Waals surface area contributed by atoms with Crippen molar-refractivity contribution < 1.29 is 9.72 Å². The number of carbonyl (C=O) groups is 1. The minimum absolute atomic E-state index is 0.0401. The van der Waals surface area contributed by atoms with Crippen LogP contribution in [0, 0.1) is 10.1 Å². The third-order valence-corrected chi connectivity index (χ3v) is 5.57. The van der Waals surface area contributed by atoms with E-state index >= 15 is 0 Å². The number of nitro benzene ring substituents is 1. The first-order valence-electron chi connectivity index (χ1n) is 10.8. The van der Waals surface area contributed by atoms with Crippen molar-refractivity contribution in [3.8, 4) is 0 Å². The number of fused-ring (bicyclic) bond motifs is 1. The molecule has 0 bridgehead atoms. The molecule has 0 spiro atoms. The number of hydrazone groups is 1. The predicted octanol–water partition coefficient (Wildman–Crippen LogP) is 6.12. The van der Waals surface area contributed by atoms with Gasteiger partial charge in [-0.05, 0) is 23.8 Å². The molecular weight excluding hydrogens is 428 g/mol. The van der Waals surface area contributed by atoms with Gasteiger partial charge in [0.25, 0.3) is 5.69 Å². The second kappa shape index (κ2) is 8.99. The van der Waals surface area contributed by atoms with Crippen LogP contribution in [-0.2, 0) is 6.54 Å². The Labute approximate surface area is 196 Å². The van der Waals surface area contributed by atoms with E-state index in [2.05, 4.69) is 0 Å². The van der Waals surface area contributed by atoms with E-state index < -0.39 is 4.92 Å². The van der Waals surface area contributed by atoms with Crippen LogP contribution < -0.4 is 4.90 Å². The summed E-state index contributed by atoms with van der Waals surface area (Å²) in [6.45, 7) is 0.271. The van der Waals surface area contributed by atoms with Crippen molar-refractivity contribution in [1.82, 2.24) is 5.01 Å². The topological polar surface area (TPSA) is 79.0 Å². The van der Waals surface area contributed by atoms with Crippen LogP contribution in [0.3, 0.4) is 0 Å². The monoisotopic (exact) mass is 448 g/mol. The summed E-state index contributed by atoms with van der Waals surface area (Å²) in [4.78, 5) is 26.2. The molecule has 5 rings (SSSR count). The predicted molar refractivity (Wildman–Crippen MR) is 131 cm³/mol. The van der Waals surface area contributed by atoms with Crippen molar-refractivity contribution in [2.24, 2.45) is 5.10 Å². The van der Waals surface area contributed by atoms with Crippen LogP contribution in [-0.4, -0.2) is 21.7 Å². The Morgan fingerprint density at radius 2 is 1.38 bits per heavy atom. The molecule has 7 nitrogen and oxygen atoms in total. The first-order valence-corrected chi connectivity index (χ1v) is 10.8. The van der Waals surface area contributed by atoms with Crippen molar-refractivity contribution in [2.75, 3.05) is 4.90 Å². The normalized spacial score (nSPS) is 13.2. The maximum absolute atomic E-state index is 13.9. The molecule has 0 aliphatic carbocycles. The Kier molecular flexibility index (Phi) is 5.58. The molecule has 0 atom stereocenters. The van der Waals surface area contributed by atoms with Gasteiger partial charge in [0.05, 0.1) is 22.8 Å². The fraction of sp³-hybridized carbons (Fsp3) is 0.0370. The Hall–Kier alpha value is -4.78. The molecule has 4 aromatic carbocycles. The molecule has 0 N–H and O–H groups in total. The van der Waals surface area contributed by atoms with Crippen LogP contribution in [0.15, 0.2) is 114 Å². The average molecular weight is 448 g/mol. The fourth-order valence-corrected chi connectivity index (χ4v) is 3.95. The number of benzene rings is 4. The van der Waals surface area contributed by atoms with Gasteiger partial charge < -0.3 is 0 Å². The van der Waals surface area contributed by atoms with Gasteiger partial charge in [0.1, 0.15) is 5.71 Å². The van der Waals surface area contributed by atoms with E-state index in [1.54, 1.807) is 17.0 Å². The third kappa shape index (κ3) is 4.02. The zero-order chi connectivity index (χ0) is 23.5. The quantitative estimate of drug-likeness (QED) is 0.272. The van der Waals surface area contributed by atoms with Crippen LogP contribution in [0.5, 0.6) is 0 Å². The Balaban J connectivity index is 1.69. The smallest absolute Gasteiger partial charge is 0.261 e. The van der Waals surface area contributed by atoms with E-state index in [1.165, 1.54) is 17.1 Å². The van der Waals surface area contributed by atoms with E-state index in [9.17, 15) is 14.9 Å². The molecule has 0 saturated carbocycles. The summed E-state index contributed by atoms with van der Waals surface area (Å²) in [5.74, 6) is 0. The summed E-state index contributed by atoms with van der Waals surface area (Å²) in [5, 5.41) is 17.4. The van der Waals surface area contributed by atoms with Crippen LogP contribution in [0.1, 0.15) is 16.7 Å². The molecule has 7 heteroatoms. The van der Waals surface area contributed by atoms with Gasteiger partial charge in [-0.25, -0.2) is 9.80 Å². The van der Waals surface area contributed by atoms with Crippen LogP contribution in [0.25, 0.3) is 0 Å². The van der Waals surface area contributed by atoms with Crippen LogP contribution in [0.4, 0.5) is 21.9 Å². The van der Waals surface area contributed by atoms with Gasteiger partial charge in [-0.1, -0.05) is 78.9 Å². The number of carbonyl (C=O) groups excluding carboxylic acids is 1. The van der Waals surface area contributed by atoms with E-state index in [0.717, 1.165) is 16.7 Å². The summed E-state index contributed by atoms with van der Waals surface area (Å²) < 4.78 is 0. The maximum Gasteiger partial charge on any atom is 0.349 e. The number of hydrogen-bond acceptors (Lipinski definition) is 4. The zero-order valence-corrected chi connectivity index (χ0v) is 18.1. The number of para-hydroxylation sites is 1. The SMILES string of the molecule is O=C1N(Cc2ccccc2)N=C(c2ccccc2)c2ccccc2N1c1ccc([N+](=O)[O-])cc1. The highest BCUT2D eigenvalue weighted by atomic mass is 16.6. The third-order valence-electron chi connectivity index (χ3n) is 5.57. The first kappa shape index (κ1) is 21.1. The molecule has 0 aromatic heterocycles. The maximum atomic E-state index is 13.9. The highest BCUT2D eigenvalue weighted by Crippen LogP contribution is 2.35. The summed E-state index contributed by atoms with van der Waals surface area (Å²) >= 11 is 0.